The molecular formula is C32H35ClN6O2. The first-order valence-corrected chi connectivity index (χ1v) is 15.0. The van der Waals surface area contributed by atoms with Gasteiger partial charge in [-0.05, 0) is 74.3 Å². The molecule has 1 aromatic carbocycles. The Labute approximate surface area is 244 Å². The van der Waals surface area contributed by atoms with Crippen LogP contribution >= 0.6 is 11.6 Å². The van der Waals surface area contributed by atoms with E-state index >= 15 is 0 Å². The number of aromatic nitrogens is 4. The maximum atomic E-state index is 13.5. The van der Waals surface area contributed by atoms with Crippen molar-refractivity contribution >= 4 is 45.9 Å². The molecule has 1 saturated carbocycles. The van der Waals surface area contributed by atoms with Gasteiger partial charge < -0.3 is 10.2 Å². The van der Waals surface area contributed by atoms with Gasteiger partial charge in [-0.3, -0.25) is 14.2 Å². The van der Waals surface area contributed by atoms with Crippen LogP contribution in [0.3, 0.4) is 0 Å². The van der Waals surface area contributed by atoms with Gasteiger partial charge in [0.25, 0.3) is 5.56 Å². The summed E-state index contributed by atoms with van der Waals surface area (Å²) in [5, 5.41) is 3.95. The Kier molecular flexibility index (Phi) is 7.75. The predicted octanol–water partition coefficient (Wildman–Crippen LogP) is 6.68. The lowest BCUT2D eigenvalue weighted by Gasteiger charge is -2.33. The Balaban J connectivity index is 1.19. The molecule has 1 aliphatic heterocycles. The number of nitrogens with zero attached hydrogens (tertiary/aromatic N) is 5. The molecule has 0 unspecified atom stereocenters. The number of Topliss-reactive ketones (excluding diaryl/α,β-unsaturated/α-hetero) is 1. The molecule has 0 atom stereocenters. The van der Waals surface area contributed by atoms with Gasteiger partial charge in [0.05, 0.1) is 17.4 Å². The van der Waals surface area contributed by atoms with E-state index < -0.39 is 0 Å². The summed E-state index contributed by atoms with van der Waals surface area (Å²) >= 11 is 5.94. The van der Waals surface area contributed by atoms with E-state index in [0.717, 1.165) is 68.3 Å². The van der Waals surface area contributed by atoms with Crippen LogP contribution < -0.4 is 15.8 Å². The molecule has 9 heteroatoms. The second kappa shape index (κ2) is 11.6. The Morgan fingerprint density at radius 2 is 1.73 bits per heavy atom. The second-order valence-electron chi connectivity index (χ2n) is 11.3. The summed E-state index contributed by atoms with van der Waals surface area (Å²) in [6, 6.07) is 12.7. The van der Waals surface area contributed by atoms with Gasteiger partial charge in [-0.1, -0.05) is 37.1 Å². The zero-order chi connectivity index (χ0) is 28.5. The number of hydrogen-bond donors (Lipinski definition) is 1. The number of ketones is 1. The van der Waals surface area contributed by atoms with Gasteiger partial charge >= 0.3 is 0 Å². The number of alkyl halides is 1. The summed E-state index contributed by atoms with van der Waals surface area (Å²) in [5.41, 5.74) is 4.82. The number of pyridine rings is 2. The first kappa shape index (κ1) is 27.4. The third kappa shape index (κ3) is 5.45. The number of nitrogens with one attached hydrogen (secondary N) is 1. The molecule has 41 heavy (non-hydrogen) atoms. The van der Waals surface area contributed by atoms with E-state index in [1.54, 1.807) is 17.7 Å². The topological polar surface area (TPSA) is 93.0 Å². The first-order valence-electron chi connectivity index (χ1n) is 14.5. The Morgan fingerprint density at radius 1 is 1.00 bits per heavy atom. The van der Waals surface area contributed by atoms with Crippen LogP contribution in [0.2, 0.25) is 0 Å². The fourth-order valence-electron chi connectivity index (χ4n) is 6.42. The molecule has 8 nitrogen and oxygen atoms in total. The maximum absolute atomic E-state index is 13.5. The average Bonchev–Trinajstić information content (AvgIpc) is 3.52. The zero-order valence-electron chi connectivity index (χ0n) is 23.6. The van der Waals surface area contributed by atoms with Crippen LogP contribution in [-0.2, 0) is 5.88 Å². The van der Waals surface area contributed by atoms with Crippen LogP contribution in [0.5, 0.6) is 0 Å². The lowest BCUT2D eigenvalue weighted by atomic mass is 9.89. The van der Waals surface area contributed by atoms with Crippen molar-refractivity contribution in [1.82, 2.24) is 19.5 Å². The number of hydrogen-bond acceptors (Lipinski definition) is 7. The first-order chi connectivity index (χ1) is 19.9. The fraction of sp³-hybridized carbons (Fsp3) is 0.406. The number of carbonyl (C=O) groups is 1. The summed E-state index contributed by atoms with van der Waals surface area (Å²) in [6.07, 6.45) is 9.72. The van der Waals surface area contributed by atoms with Crippen molar-refractivity contribution in [3.63, 3.8) is 0 Å². The third-order valence-corrected chi connectivity index (χ3v) is 9.01. The Bertz CT molecular complexity index is 1620. The van der Waals surface area contributed by atoms with E-state index in [1.807, 2.05) is 12.3 Å². The molecule has 3 aromatic heterocycles. The summed E-state index contributed by atoms with van der Waals surface area (Å²) in [7, 11) is 0. The number of carbonyl (C=O) groups excluding carboxylic acids is 1. The highest BCUT2D eigenvalue weighted by molar-refractivity contribution is 6.17. The summed E-state index contributed by atoms with van der Waals surface area (Å²) in [5.74, 6) is 1.89. The van der Waals surface area contributed by atoms with E-state index in [9.17, 15) is 9.59 Å². The standard InChI is InChI=1S/C32H35ClN6O2/c1-20-27-19-35-32(37-30(27)39(25-5-3-4-6-25)31(41)29(20)21(2)40)36-28-12-11-26(18-34-28)38-15-13-24(14-16-38)23-9-7-22(17-33)8-10-23/h7-12,18-19,24-25H,3-6,13-17H2,1-2H3,(H,34,35,36,37). The fourth-order valence-corrected chi connectivity index (χ4v) is 6.60. The third-order valence-electron chi connectivity index (χ3n) is 8.70. The summed E-state index contributed by atoms with van der Waals surface area (Å²) in [6.45, 7) is 5.20. The lowest BCUT2D eigenvalue weighted by molar-refractivity contribution is 0.101. The van der Waals surface area contributed by atoms with Crippen molar-refractivity contribution in [2.45, 2.75) is 70.2 Å². The molecule has 0 amide bonds. The van der Waals surface area contributed by atoms with E-state index in [0.29, 0.717) is 34.8 Å². The molecule has 0 spiro atoms. The Morgan fingerprint density at radius 3 is 2.37 bits per heavy atom. The van der Waals surface area contributed by atoms with Crippen LogP contribution in [0.1, 0.15) is 84.5 Å². The van der Waals surface area contributed by atoms with Crippen LogP contribution in [0.25, 0.3) is 11.0 Å². The van der Waals surface area contributed by atoms with Crippen molar-refractivity contribution < 1.29 is 4.79 Å². The highest BCUT2D eigenvalue weighted by atomic mass is 35.5. The molecule has 1 N–H and O–H groups in total. The molecule has 0 radical (unpaired) electrons. The van der Waals surface area contributed by atoms with E-state index in [4.69, 9.17) is 16.6 Å². The van der Waals surface area contributed by atoms with E-state index in [-0.39, 0.29) is 22.9 Å². The molecule has 4 aromatic rings. The smallest absolute Gasteiger partial charge is 0.263 e. The number of fused-ring (bicyclic) bond motifs is 1. The quantitative estimate of drug-likeness (QED) is 0.196. The van der Waals surface area contributed by atoms with Gasteiger partial charge in [0, 0.05) is 36.6 Å². The summed E-state index contributed by atoms with van der Waals surface area (Å²) in [4.78, 5) is 42.1. The van der Waals surface area contributed by atoms with Gasteiger partial charge in [-0.15, -0.1) is 11.6 Å². The van der Waals surface area contributed by atoms with Crippen LogP contribution in [0.15, 0.2) is 53.6 Å². The molecule has 6 rings (SSSR count). The molecule has 212 valence electrons. The number of halogens is 1. The number of benzene rings is 1. The Hall–Kier alpha value is -3.78. The zero-order valence-corrected chi connectivity index (χ0v) is 24.3. The largest absolute Gasteiger partial charge is 0.370 e. The number of piperidine rings is 1. The molecule has 2 aliphatic rings. The van der Waals surface area contributed by atoms with Gasteiger partial charge in [0.15, 0.2) is 5.78 Å². The van der Waals surface area contributed by atoms with E-state index in [2.05, 4.69) is 50.5 Å². The molecule has 4 heterocycles. The SMILES string of the molecule is CC(=O)c1c(C)c2cnc(Nc3ccc(N4CCC(c5ccc(CCl)cc5)CC4)cn3)nc2n(C2CCCC2)c1=O. The molecule has 0 bridgehead atoms. The van der Waals surface area contributed by atoms with Crippen molar-refractivity contribution in [1.29, 1.82) is 0 Å². The number of aryl methyl sites for hydroxylation is 1. The minimum absolute atomic E-state index is 0.0398. The minimum Gasteiger partial charge on any atom is -0.370 e. The van der Waals surface area contributed by atoms with Gasteiger partial charge in [-0.2, -0.15) is 4.98 Å². The van der Waals surface area contributed by atoms with Crippen molar-refractivity contribution in [3.8, 4) is 0 Å². The van der Waals surface area contributed by atoms with Gasteiger partial charge in [0.1, 0.15) is 11.5 Å². The van der Waals surface area contributed by atoms with Crippen LogP contribution in [0, 0.1) is 6.92 Å². The normalized spacial score (nSPS) is 16.4. The van der Waals surface area contributed by atoms with Crippen LogP contribution in [0.4, 0.5) is 17.5 Å². The highest BCUT2D eigenvalue weighted by Crippen LogP contribution is 2.33. The van der Waals surface area contributed by atoms with Crippen molar-refractivity contribution in [2.75, 3.05) is 23.3 Å². The van der Waals surface area contributed by atoms with E-state index in [1.165, 1.54) is 12.5 Å². The highest BCUT2D eigenvalue weighted by Gasteiger charge is 2.26. The average molecular weight is 571 g/mol. The molecule has 2 fully saturated rings. The van der Waals surface area contributed by atoms with Crippen molar-refractivity contribution in [3.05, 3.63) is 81.4 Å². The predicted molar refractivity (Wildman–Crippen MR) is 164 cm³/mol. The van der Waals surface area contributed by atoms with Crippen molar-refractivity contribution in [2.24, 2.45) is 0 Å². The monoisotopic (exact) mass is 570 g/mol. The van der Waals surface area contributed by atoms with Crippen LogP contribution in [-0.4, -0.2) is 38.4 Å². The second-order valence-corrected chi connectivity index (χ2v) is 11.5. The number of anilines is 3. The van der Waals surface area contributed by atoms with Gasteiger partial charge in [0.2, 0.25) is 5.95 Å². The molecule has 1 saturated heterocycles. The maximum Gasteiger partial charge on any atom is 0.263 e. The summed E-state index contributed by atoms with van der Waals surface area (Å²) < 4.78 is 1.73. The minimum atomic E-state index is -0.252. The van der Waals surface area contributed by atoms with Gasteiger partial charge in [-0.25, -0.2) is 9.97 Å². The molecule has 1 aliphatic carbocycles. The number of rotatable bonds is 7. The molecular weight excluding hydrogens is 536 g/mol. The lowest BCUT2D eigenvalue weighted by Crippen LogP contribution is -2.32.